The lowest BCUT2D eigenvalue weighted by molar-refractivity contribution is -0.141. The van der Waals surface area contributed by atoms with Gasteiger partial charge in [-0.05, 0) is 73.0 Å². The summed E-state index contributed by atoms with van der Waals surface area (Å²) in [6, 6.07) is 12.4. The molecule has 28 heavy (non-hydrogen) atoms. The molecule has 2 rings (SSSR count). The summed E-state index contributed by atoms with van der Waals surface area (Å²) in [6.45, 7) is 3.91. The molecule has 0 radical (unpaired) electrons. The summed E-state index contributed by atoms with van der Waals surface area (Å²) in [5, 5.41) is 10.7. The highest BCUT2D eigenvalue weighted by molar-refractivity contribution is 5.95. The van der Waals surface area contributed by atoms with Crippen LogP contribution in [0.5, 0.6) is 0 Å². The van der Waals surface area contributed by atoms with E-state index in [1.807, 2.05) is 50.3 Å². The maximum atomic E-state index is 12.5. The average Bonchev–Trinajstić information content (AvgIpc) is 2.66. The Kier molecular flexibility index (Phi) is 8.99. The molecule has 2 aromatic rings. The van der Waals surface area contributed by atoms with E-state index in [2.05, 4.69) is 11.4 Å². The number of halogens is 1. The summed E-state index contributed by atoms with van der Waals surface area (Å²) in [4.78, 5) is 12.5. The monoisotopic (exact) mass is 399 g/mol. The molecule has 0 saturated carbocycles. The van der Waals surface area contributed by atoms with Gasteiger partial charge in [0.2, 0.25) is 0 Å². The van der Waals surface area contributed by atoms with Gasteiger partial charge in [-0.2, -0.15) is 0 Å². The van der Waals surface area contributed by atoms with Crippen LogP contribution in [0, 0.1) is 5.41 Å². The molecule has 0 aliphatic rings. The van der Waals surface area contributed by atoms with E-state index >= 15 is 0 Å². The lowest BCUT2D eigenvalue weighted by atomic mass is 9.99. The number of esters is 1. The van der Waals surface area contributed by atoms with Gasteiger partial charge in [-0.25, -0.2) is 4.79 Å². The number of methoxy groups -OCH3 is 1. The highest BCUT2D eigenvalue weighted by atomic mass is 35.5. The van der Waals surface area contributed by atoms with Gasteiger partial charge < -0.3 is 15.8 Å². The number of rotatable bonds is 7. The van der Waals surface area contributed by atoms with Gasteiger partial charge in [0, 0.05) is 11.3 Å². The predicted molar refractivity (Wildman–Crippen MR) is 119 cm³/mol. The number of hydrogen-bond donors (Lipinski definition) is 3. The maximum absolute atomic E-state index is 12.5. The SMILES string of the molecule is CC=Cc1cc(C=CC)cc(C(Nc2ccc(C(=N)N)cc2)C(=O)OC)c1.Cl. The van der Waals surface area contributed by atoms with Crippen LogP contribution in [0.25, 0.3) is 12.2 Å². The molecule has 0 aliphatic heterocycles. The van der Waals surface area contributed by atoms with Crippen molar-refractivity contribution < 1.29 is 9.53 Å². The Bertz CT molecular complexity index is 844. The second-order valence-corrected chi connectivity index (χ2v) is 6.02. The number of nitrogens with two attached hydrogens (primary N) is 1. The first-order valence-corrected chi connectivity index (χ1v) is 8.67. The van der Waals surface area contributed by atoms with Crippen molar-refractivity contribution in [3.8, 4) is 0 Å². The van der Waals surface area contributed by atoms with E-state index in [1.54, 1.807) is 24.3 Å². The molecule has 1 atom stereocenters. The Morgan fingerprint density at radius 1 is 1.07 bits per heavy atom. The predicted octanol–water partition coefficient (Wildman–Crippen LogP) is 4.78. The summed E-state index contributed by atoms with van der Waals surface area (Å²) in [5.74, 6) is -0.379. The van der Waals surface area contributed by atoms with Gasteiger partial charge in [-0.15, -0.1) is 12.4 Å². The normalized spacial score (nSPS) is 11.8. The zero-order valence-corrected chi connectivity index (χ0v) is 17.0. The van der Waals surface area contributed by atoms with Crippen LogP contribution in [0.15, 0.2) is 54.6 Å². The number of amidine groups is 1. The number of nitrogen functional groups attached to an aromatic ring is 1. The fourth-order valence-electron chi connectivity index (χ4n) is 2.76. The van der Waals surface area contributed by atoms with Crippen LogP contribution in [0.2, 0.25) is 0 Å². The molecule has 1 unspecified atom stereocenters. The van der Waals surface area contributed by atoms with Crippen molar-refractivity contribution in [1.29, 1.82) is 5.41 Å². The molecular weight excluding hydrogens is 374 g/mol. The Hall–Kier alpha value is -3.05. The zero-order valence-electron chi connectivity index (χ0n) is 16.2. The number of allylic oxidation sites excluding steroid dienone is 2. The van der Waals surface area contributed by atoms with Crippen molar-refractivity contribution in [1.82, 2.24) is 0 Å². The summed E-state index contributed by atoms with van der Waals surface area (Å²) in [5.41, 5.74) is 9.67. The number of hydrogen-bond acceptors (Lipinski definition) is 4. The van der Waals surface area contributed by atoms with Crippen LogP contribution in [0.3, 0.4) is 0 Å². The zero-order chi connectivity index (χ0) is 19.8. The maximum Gasteiger partial charge on any atom is 0.332 e. The molecule has 2 aromatic carbocycles. The van der Waals surface area contributed by atoms with Gasteiger partial charge in [-0.3, -0.25) is 5.41 Å². The van der Waals surface area contributed by atoms with Gasteiger partial charge in [0.05, 0.1) is 7.11 Å². The first-order valence-electron chi connectivity index (χ1n) is 8.67. The van der Waals surface area contributed by atoms with Gasteiger partial charge in [-0.1, -0.05) is 24.3 Å². The van der Waals surface area contributed by atoms with Crippen LogP contribution in [0.1, 0.15) is 42.1 Å². The van der Waals surface area contributed by atoms with Crippen LogP contribution in [-0.2, 0) is 9.53 Å². The van der Waals surface area contributed by atoms with E-state index in [0.717, 1.165) is 22.4 Å². The fraction of sp³-hybridized carbons (Fsp3) is 0.182. The minimum atomic E-state index is -0.660. The molecule has 0 saturated heterocycles. The molecule has 0 aliphatic carbocycles. The third kappa shape index (κ3) is 5.99. The van der Waals surface area contributed by atoms with E-state index in [4.69, 9.17) is 15.9 Å². The van der Waals surface area contributed by atoms with E-state index < -0.39 is 6.04 Å². The van der Waals surface area contributed by atoms with Crippen LogP contribution < -0.4 is 11.1 Å². The standard InChI is InChI=1S/C22H25N3O2.ClH/c1-4-6-15-12-16(7-5-2)14-18(13-15)20(22(26)27-3)25-19-10-8-17(9-11-19)21(23)24;/h4-14,20,25H,1-3H3,(H3,23,24);1H. The lowest BCUT2D eigenvalue weighted by Gasteiger charge is -2.19. The van der Waals surface area contributed by atoms with Crippen molar-refractivity contribution in [2.45, 2.75) is 19.9 Å². The molecule has 6 heteroatoms. The van der Waals surface area contributed by atoms with Crippen molar-refractivity contribution in [3.05, 3.63) is 76.9 Å². The summed E-state index contributed by atoms with van der Waals surface area (Å²) < 4.78 is 5.01. The number of nitrogens with one attached hydrogen (secondary N) is 2. The first-order chi connectivity index (χ1) is 13.0. The first kappa shape index (κ1) is 23.0. The second-order valence-electron chi connectivity index (χ2n) is 6.02. The largest absolute Gasteiger partial charge is 0.467 e. The van der Waals surface area contributed by atoms with Gasteiger partial charge in [0.15, 0.2) is 6.04 Å². The third-order valence-electron chi connectivity index (χ3n) is 4.00. The Balaban J connectivity index is 0.00000392. The van der Waals surface area contributed by atoms with Crippen LogP contribution in [0.4, 0.5) is 5.69 Å². The van der Waals surface area contributed by atoms with Crippen molar-refractivity contribution in [3.63, 3.8) is 0 Å². The molecule has 0 fully saturated rings. The number of carbonyl (C=O) groups is 1. The molecule has 5 nitrogen and oxygen atoms in total. The molecular formula is C22H26ClN3O2. The van der Waals surface area contributed by atoms with Gasteiger partial charge >= 0.3 is 5.97 Å². The van der Waals surface area contributed by atoms with Crippen LogP contribution >= 0.6 is 12.4 Å². The van der Waals surface area contributed by atoms with Gasteiger partial charge in [0.25, 0.3) is 0 Å². The Morgan fingerprint density at radius 3 is 2.04 bits per heavy atom. The van der Waals surface area contributed by atoms with Gasteiger partial charge in [0.1, 0.15) is 5.84 Å². The molecule has 0 spiro atoms. The van der Waals surface area contributed by atoms with Crippen LogP contribution in [-0.4, -0.2) is 18.9 Å². The molecule has 0 bridgehead atoms. The minimum absolute atomic E-state index is 0. The van der Waals surface area contributed by atoms with Crippen molar-refractivity contribution in [2.24, 2.45) is 5.73 Å². The topological polar surface area (TPSA) is 88.2 Å². The van der Waals surface area contributed by atoms with E-state index in [1.165, 1.54) is 7.11 Å². The number of anilines is 1. The third-order valence-corrected chi connectivity index (χ3v) is 4.00. The molecule has 0 heterocycles. The number of ether oxygens (including phenoxy) is 1. The van der Waals surface area contributed by atoms with E-state index in [-0.39, 0.29) is 24.2 Å². The molecule has 4 N–H and O–H groups in total. The summed E-state index contributed by atoms with van der Waals surface area (Å²) in [7, 11) is 1.37. The van der Waals surface area contributed by atoms with Crippen molar-refractivity contribution in [2.75, 3.05) is 12.4 Å². The van der Waals surface area contributed by atoms with Crippen molar-refractivity contribution >= 4 is 42.1 Å². The lowest BCUT2D eigenvalue weighted by Crippen LogP contribution is -2.22. The number of benzene rings is 2. The smallest absolute Gasteiger partial charge is 0.332 e. The average molecular weight is 400 g/mol. The summed E-state index contributed by atoms with van der Waals surface area (Å²) in [6.07, 6.45) is 7.90. The Morgan fingerprint density at radius 2 is 1.61 bits per heavy atom. The second kappa shape index (κ2) is 10.9. The summed E-state index contributed by atoms with van der Waals surface area (Å²) >= 11 is 0. The highest BCUT2D eigenvalue weighted by Crippen LogP contribution is 2.25. The van der Waals surface area contributed by atoms with E-state index in [9.17, 15) is 4.79 Å². The highest BCUT2D eigenvalue weighted by Gasteiger charge is 2.22. The molecule has 0 amide bonds. The number of carbonyl (C=O) groups excluding carboxylic acids is 1. The quantitative estimate of drug-likeness (QED) is 0.355. The molecule has 0 aromatic heterocycles. The van der Waals surface area contributed by atoms with E-state index in [0.29, 0.717) is 5.56 Å². The Labute approximate surface area is 172 Å². The minimum Gasteiger partial charge on any atom is -0.467 e. The fourth-order valence-corrected chi connectivity index (χ4v) is 2.76. The molecule has 148 valence electrons.